The molecule has 0 bridgehead atoms. The third kappa shape index (κ3) is 3.71. The van der Waals surface area contributed by atoms with Crippen LogP contribution in [0.15, 0.2) is 41.3 Å². The molecule has 0 spiro atoms. The van der Waals surface area contributed by atoms with Crippen LogP contribution in [0.1, 0.15) is 18.7 Å². The van der Waals surface area contributed by atoms with Gasteiger partial charge in [0, 0.05) is 36.2 Å². The fourth-order valence-corrected chi connectivity index (χ4v) is 5.09. The van der Waals surface area contributed by atoms with Gasteiger partial charge in [-0.25, -0.2) is 0 Å². The van der Waals surface area contributed by atoms with Crippen molar-refractivity contribution in [1.82, 2.24) is 19.8 Å². The summed E-state index contributed by atoms with van der Waals surface area (Å²) in [5.41, 5.74) is 1.01. The number of amides is 1. The van der Waals surface area contributed by atoms with Crippen LogP contribution in [0.2, 0.25) is 0 Å². The molecule has 4 heterocycles. The number of anilines is 2. The van der Waals surface area contributed by atoms with E-state index in [1.807, 2.05) is 34.1 Å². The molecule has 31 heavy (non-hydrogen) atoms. The maximum Gasteiger partial charge on any atom is 0.453 e. The van der Waals surface area contributed by atoms with E-state index in [2.05, 4.69) is 15.3 Å². The van der Waals surface area contributed by atoms with E-state index in [4.69, 9.17) is 0 Å². The minimum atomic E-state index is -4.63. The van der Waals surface area contributed by atoms with Crippen LogP contribution in [-0.4, -0.2) is 51.1 Å². The molecule has 1 fully saturated rings. The molecule has 5 rings (SSSR count). The molecule has 0 saturated carbocycles. The largest absolute Gasteiger partial charge is 0.453 e. The first-order valence-corrected chi connectivity index (χ1v) is 11.0. The van der Waals surface area contributed by atoms with E-state index in [1.54, 1.807) is 17.8 Å². The van der Waals surface area contributed by atoms with Gasteiger partial charge in [0.25, 0.3) is 5.82 Å². The van der Waals surface area contributed by atoms with Gasteiger partial charge in [0.1, 0.15) is 5.82 Å². The Morgan fingerprint density at radius 2 is 1.81 bits per heavy atom. The fourth-order valence-electron chi connectivity index (χ4n) is 4.10. The predicted molar refractivity (Wildman–Crippen MR) is 110 cm³/mol. The first-order valence-electron chi connectivity index (χ1n) is 9.99. The van der Waals surface area contributed by atoms with Gasteiger partial charge in [-0.15, -0.1) is 27.1 Å². The highest BCUT2D eigenvalue weighted by Gasteiger charge is 2.38. The number of hydrogen-bond donors (Lipinski definition) is 0. The Hall–Kier alpha value is -2.82. The summed E-state index contributed by atoms with van der Waals surface area (Å²) in [6, 6.07) is 11.0. The van der Waals surface area contributed by atoms with Gasteiger partial charge in [0.15, 0.2) is 5.65 Å². The maximum absolute atomic E-state index is 13.2. The standard InChI is InChI=1S/C20H19F3N6OS/c21-20(22,23)19-25-24-16-5-6-17(26-29(16)19)27-9-7-13(8-10-27)18(30)28-11-12-31-15-4-2-1-3-14(15)28/h1-6,13H,7-12H2. The fraction of sp³-hybridized carbons (Fsp3) is 0.400. The number of piperidine rings is 1. The SMILES string of the molecule is O=C(C1CCN(c2ccc3nnc(C(F)(F)F)n3n2)CC1)N1CCSc2ccccc21. The van der Waals surface area contributed by atoms with Gasteiger partial charge in [-0.2, -0.15) is 17.7 Å². The van der Waals surface area contributed by atoms with Crippen molar-refractivity contribution in [2.24, 2.45) is 5.92 Å². The molecule has 11 heteroatoms. The lowest BCUT2D eigenvalue weighted by molar-refractivity contribution is -0.146. The van der Waals surface area contributed by atoms with Crippen molar-refractivity contribution < 1.29 is 18.0 Å². The zero-order valence-corrected chi connectivity index (χ0v) is 17.2. The predicted octanol–water partition coefficient (Wildman–Crippen LogP) is 3.50. The Labute approximate surface area is 180 Å². The number of hydrogen-bond acceptors (Lipinski definition) is 6. The summed E-state index contributed by atoms with van der Waals surface area (Å²) >= 11 is 1.76. The van der Waals surface area contributed by atoms with E-state index < -0.39 is 12.0 Å². The highest BCUT2D eigenvalue weighted by Crippen LogP contribution is 2.36. The molecular weight excluding hydrogens is 429 g/mol. The number of halogens is 3. The number of rotatable bonds is 2. The second-order valence-corrected chi connectivity index (χ2v) is 8.69. The number of thioether (sulfide) groups is 1. The molecule has 0 unspecified atom stereocenters. The van der Waals surface area contributed by atoms with Crippen molar-refractivity contribution in [3.8, 4) is 0 Å². The zero-order valence-electron chi connectivity index (χ0n) is 16.4. The van der Waals surface area contributed by atoms with Crippen molar-refractivity contribution in [2.45, 2.75) is 23.9 Å². The van der Waals surface area contributed by atoms with Crippen molar-refractivity contribution >= 4 is 34.8 Å². The number of carbonyl (C=O) groups excluding carboxylic acids is 1. The van der Waals surface area contributed by atoms with Crippen LogP contribution >= 0.6 is 11.8 Å². The molecule has 1 aromatic carbocycles. The van der Waals surface area contributed by atoms with Gasteiger partial charge < -0.3 is 9.80 Å². The molecule has 7 nitrogen and oxygen atoms in total. The number of para-hydroxylation sites is 1. The van der Waals surface area contributed by atoms with Crippen molar-refractivity contribution in [3.05, 3.63) is 42.2 Å². The first-order chi connectivity index (χ1) is 14.9. The van der Waals surface area contributed by atoms with Crippen molar-refractivity contribution in [1.29, 1.82) is 0 Å². The normalized spacial score (nSPS) is 17.8. The smallest absolute Gasteiger partial charge is 0.355 e. The molecule has 2 aliphatic rings. The summed E-state index contributed by atoms with van der Waals surface area (Å²) in [6.45, 7) is 1.78. The van der Waals surface area contributed by atoms with Gasteiger partial charge in [0.05, 0.1) is 5.69 Å². The quantitative estimate of drug-likeness (QED) is 0.598. The zero-order chi connectivity index (χ0) is 21.6. The van der Waals surface area contributed by atoms with E-state index >= 15 is 0 Å². The van der Waals surface area contributed by atoms with Crippen LogP contribution in [0.4, 0.5) is 24.7 Å². The monoisotopic (exact) mass is 448 g/mol. The Bertz CT molecular complexity index is 1130. The molecule has 0 atom stereocenters. The number of carbonyl (C=O) groups is 1. The summed E-state index contributed by atoms with van der Waals surface area (Å²) in [7, 11) is 0. The number of benzene rings is 1. The summed E-state index contributed by atoms with van der Waals surface area (Å²) in [4.78, 5) is 18.1. The lowest BCUT2D eigenvalue weighted by atomic mass is 9.95. The highest BCUT2D eigenvalue weighted by atomic mass is 32.2. The van der Waals surface area contributed by atoms with Gasteiger partial charge in [-0.1, -0.05) is 12.1 Å². The molecule has 1 amide bonds. The Morgan fingerprint density at radius 1 is 1.03 bits per heavy atom. The number of nitrogens with zero attached hydrogens (tertiary/aromatic N) is 6. The van der Waals surface area contributed by atoms with Crippen LogP contribution in [0.3, 0.4) is 0 Å². The van der Waals surface area contributed by atoms with Crippen molar-refractivity contribution in [2.75, 3.05) is 35.2 Å². The lowest BCUT2D eigenvalue weighted by Gasteiger charge is -2.36. The van der Waals surface area contributed by atoms with Crippen LogP contribution < -0.4 is 9.80 Å². The first kappa shape index (κ1) is 20.1. The van der Waals surface area contributed by atoms with Crippen LogP contribution in [0.5, 0.6) is 0 Å². The third-order valence-electron chi connectivity index (χ3n) is 5.67. The number of aromatic nitrogens is 4. The number of fused-ring (bicyclic) bond motifs is 2. The third-order valence-corrected chi connectivity index (χ3v) is 6.71. The molecule has 3 aromatic rings. The molecular formula is C20H19F3N6OS. The summed E-state index contributed by atoms with van der Waals surface area (Å²) in [5.74, 6) is 0.150. The van der Waals surface area contributed by atoms with Gasteiger partial charge in [-0.05, 0) is 37.1 Å². The Kier molecular flexibility index (Phi) is 4.99. The Morgan fingerprint density at radius 3 is 2.58 bits per heavy atom. The van der Waals surface area contributed by atoms with Crippen LogP contribution in [0, 0.1) is 5.92 Å². The molecule has 2 aromatic heterocycles. The van der Waals surface area contributed by atoms with E-state index in [0.717, 1.165) is 20.9 Å². The lowest BCUT2D eigenvalue weighted by Crippen LogP contribution is -2.44. The molecule has 162 valence electrons. The average Bonchev–Trinajstić information content (AvgIpc) is 3.22. The van der Waals surface area contributed by atoms with Gasteiger partial charge in [-0.3, -0.25) is 4.79 Å². The van der Waals surface area contributed by atoms with Gasteiger partial charge in [0.2, 0.25) is 5.91 Å². The number of alkyl halides is 3. The summed E-state index contributed by atoms with van der Waals surface area (Å²) in [5, 5.41) is 10.9. The molecule has 0 aliphatic carbocycles. The molecule has 0 N–H and O–H groups in total. The maximum atomic E-state index is 13.2. The highest BCUT2D eigenvalue weighted by molar-refractivity contribution is 7.99. The van der Waals surface area contributed by atoms with E-state index in [9.17, 15) is 18.0 Å². The minimum absolute atomic E-state index is 0.0442. The molecule has 0 radical (unpaired) electrons. The van der Waals surface area contributed by atoms with E-state index in [0.29, 0.717) is 38.3 Å². The second kappa shape index (κ2) is 7.70. The molecule has 1 saturated heterocycles. The average molecular weight is 448 g/mol. The summed E-state index contributed by atoms with van der Waals surface area (Å²) < 4.78 is 40.1. The van der Waals surface area contributed by atoms with Crippen LogP contribution in [-0.2, 0) is 11.0 Å². The minimum Gasteiger partial charge on any atom is -0.355 e. The van der Waals surface area contributed by atoms with E-state index in [1.165, 1.54) is 6.07 Å². The molecule has 2 aliphatic heterocycles. The van der Waals surface area contributed by atoms with Crippen molar-refractivity contribution in [3.63, 3.8) is 0 Å². The topological polar surface area (TPSA) is 66.6 Å². The Balaban J connectivity index is 1.30. The van der Waals surface area contributed by atoms with Crippen LogP contribution in [0.25, 0.3) is 5.65 Å². The second-order valence-electron chi connectivity index (χ2n) is 7.55. The van der Waals surface area contributed by atoms with Gasteiger partial charge >= 0.3 is 6.18 Å². The van der Waals surface area contributed by atoms with E-state index in [-0.39, 0.29) is 17.5 Å². The summed E-state index contributed by atoms with van der Waals surface area (Å²) in [6.07, 6.45) is -3.38.